The second-order valence-corrected chi connectivity index (χ2v) is 31.3. The van der Waals surface area contributed by atoms with E-state index in [1.165, 1.54) is 20.8 Å². The molecule has 9 rings (SSSR count). The fraction of sp³-hybridized carbons (Fsp3) is 0.935. The molecule has 0 aliphatic carbocycles. The normalized spacial score (nSPS) is 47.6. The van der Waals surface area contributed by atoms with Gasteiger partial charge in [-0.05, 0) is 20.8 Å². The van der Waals surface area contributed by atoms with Crippen LogP contribution in [0, 0.1) is 0 Å². The Morgan fingerprint density at radius 1 is 0.291 bits per heavy atom. The lowest BCUT2D eigenvalue weighted by molar-refractivity contribution is -0.400. The maximum Gasteiger partial charge on any atom is 0.397 e. The Bertz CT molecular complexity index is 3470. The summed E-state index contributed by atoms with van der Waals surface area (Å²) in [5.41, 5.74) is 0. The minimum atomic E-state index is -5.62. The first-order chi connectivity index (χ1) is 54.7. The Kier molecular flexibility index (Phi) is 33.9. The van der Waals surface area contributed by atoms with Crippen molar-refractivity contribution in [3.8, 4) is 0 Å². The van der Waals surface area contributed by atoms with E-state index in [1.807, 2.05) is 0 Å². The summed E-state index contributed by atoms with van der Waals surface area (Å²) in [6.07, 6.45) is -87.2. The van der Waals surface area contributed by atoms with E-state index < -0.39 is 360 Å². The van der Waals surface area contributed by atoms with Gasteiger partial charge in [0.15, 0.2) is 56.6 Å². The van der Waals surface area contributed by atoms with Gasteiger partial charge in [0, 0.05) is 27.7 Å². The predicted molar refractivity (Wildman–Crippen MR) is 360 cm³/mol. The maximum absolute atomic E-state index is 13.5. The van der Waals surface area contributed by atoms with Crippen LogP contribution in [0.3, 0.4) is 0 Å². The third kappa shape index (κ3) is 22.8. The summed E-state index contributed by atoms with van der Waals surface area (Å²) < 4.78 is 180. The minimum absolute atomic E-state index is 0.856. The zero-order valence-electron chi connectivity index (χ0n) is 62.9. The molecule has 9 saturated heterocycles. The molecule has 9 aliphatic heterocycles. The van der Waals surface area contributed by atoms with Gasteiger partial charge in [-0.2, -0.15) is 16.8 Å². The maximum atomic E-state index is 13.5. The van der Waals surface area contributed by atoms with Crippen LogP contribution in [0.15, 0.2) is 0 Å². The summed E-state index contributed by atoms with van der Waals surface area (Å²) in [5, 5.41) is 234. The van der Waals surface area contributed by atoms with Gasteiger partial charge in [-0.15, -0.1) is 0 Å². The van der Waals surface area contributed by atoms with E-state index in [0.29, 0.717) is 0 Å². The molecule has 9 heterocycles. The van der Waals surface area contributed by atoms with E-state index in [-0.39, 0.29) is 0 Å². The van der Waals surface area contributed by atoms with Gasteiger partial charge in [-0.1, -0.05) is 0 Å². The van der Waals surface area contributed by atoms with Crippen LogP contribution in [0.1, 0.15) is 48.5 Å². The molecule has 0 bridgehead atoms. The van der Waals surface area contributed by atoms with Crippen molar-refractivity contribution in [3.63, 3.8) is 0 Å². The molecule has 0 spiro atoms. The van der Waals surface area contributed by atoms with E-state index in [2.05, 4.69) is 29.6 Å². The van der Waals surface area contributed by atoms with Crippen molar-refractivity contribution >= 4 is 44.4 Å². The third-order valence-corrected chi connectivity index (χ3v) is 21.5. The molecule has 55 heteroatoms. The van der Waals surface area contributed by atoms with Crippen LogP contribution >= 0.6 is 0 Å². The highest BCUT2D eigenvalue weighted by atomic mass is 32.3. The fourth-order valence-corrected chi connectivity index (χ4v) is 15.5. The molecule has 0 aromatic rings. The Balaban J connectivity index is 1.08. The van der Waals surface area contributed by atoms with Crippen molar-refractivity contribution in [1.82, 2.24) is 21.3 Å². The second-order valence-electron chi connectivity index (χ2n) is 29.1. The molecule has 0 aromatic heterocycles. The summed E-state index contributed by atoms with van der Waals surface area (Å²) in [7, 11) is -11.2. The Morgan fingerprint density at radius 3 is 1.01 bits per heavy atom. The average molecular weight is 1750 g/mol. The van der Waals surface area contributed by atoms with Crippen LogP contribution in [-0.2, 0) is 129 Å². The number of hydrogen-bond acceptors (Lipinski definition) is 47. The number of amides is 4. The zero-order valence-corrected chi connectivity index (χ0v) is 64.5. The van der Waals surface area contributed by atoms with Gasteiger partial charge in [0.25, 0.3) is 0 Å². The van der Waals surface area contributed by atoms with Crippen molar-refractivity contribution in [3.05, 3.63) is 0 Å². The molecule has 26 N–H and O–H groups in total. The molecule has 9 fully saturated rings. The van der Waals surface area contributed by atoms with Crippen LogP contribution in [0.4, 0.5) is 0 Å². The largest absolute Gasteiger partial charge is 0.397 e. The number of nitrogens with one attached hydrogen (secondary N) is 4. The number of aliphatic hydroxyl groups is 20. The monoisotopic (exact) mass is 1750 g/mol. The van der Waals surface area contributed by atoms with Gasteiger partial charge < -0.3 is 204 Å². The minimum Gasteiger partial charge on any atom is -0.394 e. The number of rotatable bonds is 30. The summed E-state index contributed by atoms with van der Waals surface area (Å²) >= 11 is 0. The SMILES string of the molecule is CC(=O)N[C@@H]1[C@@H](O[C@@H]2O[C@H](CO)[C@H](O)[C@H](O[C@H]3O[C@H](CO)[C@H](O)[C@H](O[C@H]4O[C@H](CO)[C@@H](O)[C@H](O[C@@H]5O[C@@H](C)[C@@H](O)[C@@H](O)[C@@H]5O)[C@H]4NC(C)=O)[C@H]3NC(C)=O)[C@H]2O[C@@H]2O[C@@H](C)[C@@H](O)[C@@H](O)[C@@H]2O)[C@@H](O)[C@@H](CO[C@@H]2O[C@H](COS(=O)(=O)O)[C@@H](O[C@@H]3O[C@H](CO)[C@H](O)[C@H](OS(=O)(=O)O)[C@H]3O)[C@H](O[C@@H]3O[C@@H](C)[C@@H](O)[C@@H](O)[C@@H]3O)[C@H]2NC(C)=O)O[C@@H]1O. The molecule has 0 saturated carbocycles. The van der Waals surface area contributed by atoms with E-state index >= 15 is 0 Å². The molecular weight excluding hydrogens is 1650 g/mol. The van der Waals surface area contributed by atoms with E-state index in [0.717, 1.165) is 27.7 Å². The molecule has 9 aliphatic rings. The first-order valence-corrected chi connectivity index (χ1v) is 39.2. The summed E-state index contributed by atoms with van der Waals surface area (Å²) in [5.74, 6) is -4.03. The van der Waals surface area contributed by atoms with Crippen molar-refractivity contribution in [2.45, 2.75) is 325 Å². The van der Waals surface area contributed by atoms with E-state index in [9.17, 15) is 147 Å². The molecular formula is C62H104N4O49S2. The lowest BCUT2D eigenvalue weighted by atomic mass is 9.93. The van der Waals surface area contributed by atoms with Gasteiger partial charge >= 0.3 is 20.8 Å². The first-order valence-electron chi connectivity index (χ1n) is 36.5. The standard InChI is InChI=1S/C62H104N4O49S2/c1-14-31(75)39(83)42(86)58(99-14)110-49-29(65-19(6)73)56(103-22(9-68)35(49)79)109-48-28(64-18(5)72)57(104-21(8-67)34(48)78)113-52-37(81)24(11-70)106-62(53(52)114-60-44(88)41(85)33(77)16(3)101-60)111-47-27(63-17(4)71)54(90)102-25(38(47)82)12-97-55-30(66-20(7)74)50(112-59-43(87)40(84)32(76)15(2)100-59)46(26(107-55)13-98-116(91,92)93)108-61-45(89)51(115-117(94,95)96)36(80)23(10-69)105-61/h14-16,21-62,67-70,75-90H,8-13H2,1-7H3,(H,63,71)(H,64,72)(H,65,73)(H,66,74)(H,91,92,93)(H,94,95,96)/t14-,15-,16-,21+,22+,23+,24+,25+,26+,27+,28+,29+,30+,31+,32+,33+,34-,35+,36-,37-,38-,39+,40+,41+,42-,43-,44-,45+,46+,47+,48+,49+,50+,51-,52-,53+,54-,55+,56+,57+,58-,59-,60-,61-,62-/m0/s1. The summed E-state index contributed by atoms with van der Waals surface area (Å²) in [6.45, 7) is -0.277. The van der Waals surface area contributed by atoms with Gasteiger partial charge in [0.1, 0.15) is 201 Å². The Labute approximate surface area is 664 Å². The van der Waals surface area contributed by atoms with E-state index in [4.69, 9.17) is 80.5 Å². The highest BCUT2D eigenvalue weighted by molar-refractivity contribution is 7.81. The molecule has 53 nitrogen and oxygen atoms in total. The first kappa shape index (κ1) is 97.0. The van der Waals surface area contributed by atoms with Crippen LogP contribution in [0.25, 0.3) is 0 Å². The number of ether oxygens (including phenoxy) is 17. The van der Waals surface area contributed by atoms with Crippen LogP contribution < -0.4 is 21.3 Å². The smallest absolute Gasteiger partial charge is 0.394 e. The van der Waals surface area contributed by atoms with Gasteiger partial charge in [-0.25, -0.2) is 8.37 Å². The second kappa shape index (κ2) is 40.9. The summed E-state index contributed by atoms with van der Waals surface area (Å²) in [4.78, 5) is 53.1. The fourth-order valence-electron chi connectivity index (χ4n) is 14.7. The van der Waals surface area contributed by atoms with E-state index in [1.54, 1.807) is 0 Å². The van der Waals surface area contributed by atoms with Crippen molar-refractivity contribution in [2.75, 3.05) is 39.6 Å². The Hall–Kier alpha value is -3.86. The Morgan fingerprint density at radius 2 is 0.598 bits per heavy atom. The number of carbonyl (C=O) groups excluding carboxylic acids is 4. The molecule has 678 valence electrons. The average Bonchev–Trinajstić information content (AvgIpc) is 0.760. The van der Waals surface area contributed by atoms with Crippen LogP contribution in [0.2, 0.25) is 0 Å². The number of aliphatic hydroxyl groups excluding tert-OH is 20. The number of carbonyl (C=O) groups is 4. The van der Waals surface area contributed by atoms with Gasteiger partial charge in [0.2, 0.25) is 23.6 Å². The van der Waals surface area contributed by atoms with Crippen LogP contribution in [0.5, 0.6) is 0 Å². The molecule has 45 atom stereocenters. The van der Waals surface area contributed by atoms with Crippen molar-refractivity contribution in [2.24, 2.45) is 0 Å². The highest BCUT2D eigenvalue weighted by Crippen LogP contribution is 2.41. The predicted octanol–water partition coefficient (Wildman–Crippen LogP) is -17.3. The lowest BCUT2D eigenvalue weighted by Gasteiger charge is -2.52. The molecule has 117 heavy (non-hydrogen) atoms. The molecule has 0 radical (unpaired) electrons. The third-order valence-electron chi connectivity index (χ3n) is 20.6. The number of hydrogen-bond donors (Lipinski definition) is 26. The van der Waals surface area contributed by atoms with Gasteiger partial charge in [-0.3, -0.25) is 28.3 Å². The molecule has 4 amide bonds. The van der Waals surface area contributed by atoms with Crippen molar-refractivity contribution in [1.29, 1.82) is 0 Å². The topological polar surface area (TPSA) is 805 Å². The van der Waals surface area contributed by atoms with Crippen LogP contribution in [-0.4, -0.2) is 467 Å². The molecule has 0 aromatic carbocycles. The zero-order chi connectivity index (χ0) is 86.8. The summed E-state index contributed by atoms with van der Waals surface area (Å²) in [6, 6.07) is -8.07. The highest BCUT2D eigenvalue weighted by Gasteiger charge is 2.62. The lowest BCUT2D eigenvalue weighted by Crippen LogP contribution is -2.72. The van der Waals surface area contributed by atoms with Gasteiger partial charge in [0.05, 0.1) is 58.0 Å². The molecule has 0 unspecified atom stereocenters. The van der Waals surface area contributed by atoms with Crippen molar-refractivity contribution < 1.29 is 236 Å². The quantitative estimate of drug-likeness (QED) is 0.0297.